The Kier molecular flexibility index (Phi) is 6.89. The molecule has 0 fully saturated rings. The second-order valence-corrected chi connectivity index (χ2v) is 10.3. The molecule has 0 radical (unpaired) electrons. The Balaban J connectivity index is 1.58. The van der Waals surface area contributed by atoms with Gasteiger partial charge < -0.3 is 10.1 Å². The molecule has 0 saturated heterocycles. The van der Waals surface area contributed by atoms with E-state index in [1.54, 1.807) is 76.5 Å². The minimum Gasteiger partial charge on any atom is -0.456 e. The van der Waals surface area contributed by atoms with Crippen molar-refractivity contribution in [2.75, 3.05) is 0 Å². The molecule has 3 aromatic heterocycles. The van der Waals surface area contributed by atoms with E-state index in [0.717, 1.165) is 21.5 Å². The van der Waals surface area contributed by atoms with E-state index in [0.29, 0.717) is 32.9 Å². The van der Waals surface area contributed by atoms with Crippen LogP contribution in [0.2, 0.25) is 0 Å². The van der Waals surface area contributed by atoms with E-state index in [4.69, 9.17) is 4.74 Å². The van der Waals surface area contributed by atoms with Crippen LogP contribution in [-0.2, 0) is 17.8 Å². The van der Waals surface area contributed by atoms with Crippen LogP contribution in [0.1, 0.15) is 57.5 Å². The zero-order chi connectivity index (χ0) is 26.0. The van der Waals surface area contributed by atoms with Crippen molar-refractivity contribution in [3.8, 4) is 0 Å². The highest BCUT2D eigenvalue weighted by atomic mass is 32.1. The summed E-state index contributed by atoms with van der Waals surface area (Å²) in [6.07, 6.45) is 4.74. The van der Waals surface area contributed by atoms with Gasteiger partial charge in [0.2, 0.25) is 0 Å². The van der Waals surface area contributed by atoms with Gasteiger partial charge in [-0.2, -0.15) is 0 Å². The van der Waals surface area contributed by atoms with Crippen molar-refractivity contribution in [3.05, 3.63) is 103 Å². The van der Waals surface area contributed by atoms with Gasteiger partial charge in [-0.05, 0) is 63.1 Å². The van der Waals surface area contributed by atoms with Crippen LogP contribution in [0.15, 0.2) is 64.6 Å². The average molecular weight is 507 g/mol. The van der Waals surface area contributed by atoms with Crippen molar-refractivity contribution >= 4 is 28.0 Å². The Labute approximate surface area is 211 Å². The molecule has 0 atom stereocenters. The predicted octanol–water partition coefficient (Wildman–Crippen LogP) is 3.16. The Morgan fingerprint density at radius 2 is 1.69 bits per heavy atom. The maximum atomic E-state index is 13.2. The number of ether oxygens (including phenoxy) is 1. The molecule has 3 heterocycles. The van der Waals surface area contributed by atoms with Gasteiger partial charge in [0, 0.05) is 30.7 Å². The number of amides is 1. The molecular formula is C26H26N4O5S. The number of aromatic nitrogens is 3. The largest absolute Gasteiger partial charge is 0.456 e. The van der Waals surface area contributed by atoms with E-state index in [9.17, 15) is 19.2 Å². The summed E-state index contributed by atoms with van der Waals surface area (Å²) < 4.78 is 7.82. The molecule has 4 rings (SSSR count). The lowest BCUT2D eigenvalue weighted by Gasteiger charge is -2.19. The lowest BCUT2D eigenvalue weighted by Crippen LogP contribution is -2.38. The quantitative estimate of drug-likeness (QED) is 0.402. The number of hydrogen-bond donors (Lipinski definition) is 1. The smallest absolute Gasteiger partial charge is 0.338 e. The van der Waals surface area contributed by atoms with E-state index in [1.165, 1.54) is 10.6 Å². The highest BCUT2D eigenvalue weighted by molar-refractivity contribution is 7.19. The molecule has 1 amide bonds. The topological polar surface area (TPSA) is 112 Å². The van der Waals surface area contributed by atoms with Crippen LogP contribution in [0, 0.1) is 6.92 Å². The number of nitrogens with zero attached hydrogens (tertiary/aromatic N) is 3. The Morgan fingerprint density at radius 1 is 1.03 bits per heavy atom. The lowest BCUT2D eigenvalue weighted by atomic mass is 10.1. The van der Waals surface area contributed by atoms with Crippen molar-refractivity contribution in [3.63, 3.8) is 0 Å². The van der Waals surface area contributed by atoms with Crippen LogP contribution >= 0.6 is 11.3 Å². The lowest BCUT2D eigenvalue weighted by molar-refractivity contribution is 0.00694. The molecule has 10 heteroatoms. The van der Waals surface area contributed by atoms with Gasteiger partial charge in [0.05, 0.1) is 12.1 Å². The van der Waals surface area contributed by atoms with Gasteiger partial charge in [-0.15, -0.1) is 11.3 Å². The summed E-state index contributed by atoms with van der Waals surface area (Å²) in [7, 11) is 0. The Hall–Kier alpha value is -4.05. The molecule has 1 N–H and O–H groups in total. The van der Waals surface area contributed by atoms with Gasteiger partial charge in [0.25, 0.3) is 11.5 Å². The van der Waals surface area contributed by atoms with Crippen molar-refractivity contribution in [1.29, 1.82) is 0 Å². The SMILES string of the molecule is Cc1c(=O)n(Cc2ccc(C(=O)OC(C)(C)C)cc2)c(=O)n2cc(C(=O)NCc3ccncc3)sc12. The minimum absolute atomic E-state index is 0.0233. The minimum atomic E-state index is -0.611. The number of benzene rings is 1. The first-order valence-corrected chi connectivity index (χ1v) is 12.1. The highest BCUT2D eigenvalue weighted by Gasteiger charge is 2.19. The van der Waals surface area contributed by atoms with Gasteiger partial charge in [0.15, 0.2) is 0 Å². The summed E-state index contributed by atoms with van der Waals surface area (Å²) in [6.45, 7) is 7.34. The summed E-state index contributed by atoms with van der Waals surface area (Å²) in [6, 6.07) is 10.2. The number of nitrogens with one attached hydrogen (secondary N) is 1. The highest BCUT2D eigenvalue weighted by Crippen LogP contribution is 2.19. The van der Waals surface area contributed by atoms with Crippen LogP contribution in [0.4, 0.5) is 0 Å². The zero-order valence-electron chi connectivity index (χ0n) is 20.4. The average Bonchev–Trinajstić information content (AvgIpc) is 3.30. The Morgan fingerprint density at radius 3 is 2.33 bits per heavy atom. The number of thiazole rings is 1. The van der Waals surface area contributed by atoms with Crippen molar-refractivity contribution in [2.45, 2.75) is 46.4 Å². The molecule has 0 spiro atoms. The summed E-state index contributed by atoms with van der Waals surface area (Å²) in [5, 5.41) is 2.82. The fourth-order valence-corrected chi connectivity index (χ4v) is 4.55. The number of aryl methyl sites for hydroxylation is 1. The predicted molar refractivity (Wildman–Crippen MR) is 137 cm³/mol. The fourth-order valence-electron chi connectivity index (χ4n) is 3.55. The molecule has 1 aromatic carbocycles. The maximum absolute atomic E-state index is 13.2. The molecule has 0 aliphatic heterocycles. The summed E-state index contributed by atoms with van der Waals surface area (Å²) in [4.78, 5) is 55.8. The second-order valence-electron chi connectivity index (χ2n) is 9.31. The number of esters is 1. The zero-order valence-corrected chi connectivity index (χ0v) is 21.2. The molecule has 0 bridgehead atoms. The monoisotopic (exact) mass is 506 g/mol. The maximum Gasteiger partial charge on any atom is 0.338 e. The Bertz CT molecular complexity index is 1540. The standard InChI is InChI=1S/C26H26N4O5S/c1-16-22(32)29(14-18-5-7-19(8-6-18)24(33)35-26(2,3)4)25(34)30-15-20(36-23(16)30)21(31)28-13-17-9-11-27-12-10-17/h5-12,15H,13-14H2,1-4H3,(H,28,31). The third-order valence-corrected chi connectivity index (χ3v) is 6.56. The van der Waals surface area contributed by atoms with E-state index in [2.05, 4.69) is 10.3 Å². The first-order valence-electron chi connectivity index (χ1n) is 11.3. The molecule has 0 aliphatic rings. The molecule has 36 heavy (non-hydrogen) atoms. The van der Waals surface area contributed by atoms with Crippen LogP contribution in [0.5, 0.6) is 0 Å². The van der Waals surface area contributed by atoms with E-state index in [1.807, 2.05) is 0 Å². The first-order chi connectivity index (χ1) is 17.0. The van der Waals surface area contributed by atoms with Crippen LogP contribution in [-0.4, -0.2) is 31.4 Å². The summed E-state index contributed by atoms with van der Waals surface area (Å²) in [5.41, 5.74) is 0.738. The van der Waals surface area contributed by atoms with E-state index < -0.39 is 22.8 Å². The number of carbonyl (C=O) groups is 2. The van der Waals surface area contributed by atoms with E-state index >= 15 is 0 Å². The van der Waals surface area contributed by atoms with Crippen molar-refractivity contribution < 1.29 is 14.3 Å². The van der Waals surface area contributed by atoms with Crippen molar-refractivity contribution in [1.82, 2.24) is 19.3 Å². The van der Waals surface area contributed by atoms with Crippen LogP contribution in [0.25, 0.3) is 4.83 Å². The van der Waals surface area contributed by atoms with Crippen LogP contribution in [0.3, 0.4) is 0 Å². The molecule has 0 saturated carbocycles. The first kappa shape index (κ1) is 25.1. The third-order valence-electron chi connectivity index (χ3n) is 5.35. The van der Waals surface area contributed by atoms with Gasteiger partial charge in [-0.3, -0.25) is 23.5 Å². The van der Waals surface area contributed by atoms with Gasteiger partial charge in [-0.1, -0.05) is 12.1 Å². The molecule has 186 valence electrons. The number of hydrogen-bond acceptors (Lipinski definition) is 7. The van der Waals surface area contributed by atoms with E-state index in [-0.39, 0.29) is 12.5 Å². The van der Waals surface area contributed by atoms with Gasteiger partial charge >= 0.3 is 11.7 Å². The van der Waals surface area contributed by atoms with Crippen molar-refractivity contribution in [2.24, 2.45) is 0 Å². The number of rotatable bonds is 6. The molecule has 4 aromatic rings. The second kappa shape index (κ2) is 9.90. The molecule has 0 aliphatic carbocycles. The summed E-state index contributed by atoms with van der Waals surface area (Å²) in [5.74, 6) is -0.785. The number of fused-ring (bicyclic) bond motifs is 1. The molecule has 9 nitrogen and oxygen atoms in total. The van der Waals surface area contributed by atoms with Gasteiger partial charge in [0.1, 0.15) is 15.3 Å². The normalized spacial score (nSPS) is 11.4. The number of pyridine rings is 1. The molecule has 0 unspecified atom stereocenters. The van der Waals surface area contributed by atoms with Gasteiger partial charge in [-0.25, -0.2) is 9.59 Å². The summed E-state index contributed by atoms with van der Waals surface area (Å²) >= 11 is 1.09. The van der Waals surface area contributed by atoms with Crippen LogP contribution < -0.4 is 16.6 Å². The number of carbonyl (C=O) groups excluding carboxylic acids is 2. The fraction of sp³-hybridized carbons (Fsp3) is 0.269. The molecular weight excluding hydrogens is 480 g/mol. The third kappa shape index (κ3) is 5.44.